The molecule has 1 aromatic carbocycles. The fourth-order valence-electron chi connectivity index (χ4n) is 3.35. The Morgan fingerprint density at radius 3 is 3.09 bits per heavy atom. The Kier molecular flexibility index (Phi) is 3.66. The molecule has 1 aliphatic carbocycles. The van der Waals surface area contributed by atoms with E-state index in [1.54, 1.807) is 12.3 Å². The van der Waals surface area contributed by atoms with Crippen LogP contribution in [-0.2, 0) is 11.2 Å². The lowest BCUT2D eigenvalue weighted by molar-refractivity contribution is -0.123. The van der Waals surface area contributed by atoms with Crippen LogP contribution in [0.4, 0.5) is 0 Å². The Hall–Kier alpha value is -1.78. The van der Waals surface area contributed by atoms with Crippen LogP contribution in [0.25, 0.3) is 0 Å². The smallest absolute Gasteiger partial charge is 0.231 e. The number of carbonyl (C=O) groups excluding carboxylic acids is 1. The molecular weight excluding hydrogens is 335 g/mol. The molecule has 0 saturated heterocycles. The second-order valence-electron chi connectivity index (χ2n) is 5.82. The van der Waals surface area contributed by atoms with Crippen molar-refractivity contribution in [1.29, 1.82) is 0 Å². The van der Waals surface area contributed by atoms with Crippen LogP contribution >= 0.6 is 23.2 Å². The molecule has 0 radical (unpaired) electrons. The van der Waals surface area contributed by atoms with Gasteiger partial charge in [0, 0.05) is 21.8 Å². The van der Waals surface area contributed by atoms with Crippen LogP contribution in [0.1, 0.15) is 35.1 Å². The van der Waals surface area contributed by atoms with E-state index in [1.165, 1.54) is 0 Å². The quantitative estimate of drug-likeness (QED) is 0.900. The number of hydrogen-bond donors (Lipinski definition) is 1. The highest BCUT2D eigenvalue weighted by molar-refractivity contribution is 6.35. The molecule has 4 rings (SSSR count). The number of hydrogen-bond acceptors (Lipinski definition) is 3. The molecule has 1 aromatic heterocycles. The van der Waals surface area contributed by atoms with Gasteiger partial charge in [-0.3, -0.25) is 4.79 Å². The molecule has 2 heterocycles. The molecule has 2 aromatic rings. The van der Waals surface area contributed by atoms with E-state index in [0.717, 1.165) is 29.5 Å². The number of amides is 1. The van der Waals surface area contributed by atoms with Crippen molar-refractivity contribution in [2.24, 2.45) is 0 Å². The highest BCUT2D eigenvalue weighted by atomic mass is 35.5. The summed E-state index contributed by atoms with van der Waals surface area (Å²) >= 11 is 12.4. The molecule has 23 heavy (non-hydrogen) atoms. The van der Waals surface area contributed by atoms with Gasteiger partial charge in [0.25, 0.3) is 0 Å². The summed E-state index contributed by atoms with van der Waals surface area (Å²) in [6, 6.07) is 7.27. The summed E-state index contributed by atoms with van der Waals surface area (Å²) in [5.41, 5.74) is 2.93. The predicted octanol–water partition coefficient (Wildman–Crippen LogP) is 3.67. The topological polar surface area (TPSA) is 51.2 Å². The Bertz CT molecular complexity index is 794. The van der Waals surface area contributed by atoms with Crippen molar-refractivity contribution >= 4 is 29.1 Å². The highest BCUT2D eigenvalue weighted by Gasteiger charge is 2.34. The fourth-order valence-corrected chi connectivity index (χ4v) is 4.02. The van der Waals surface area contributed by atoms with Crippen molar-refractivity contribution in [2.75, 3.05) is 6.61 Å². The third kappa shape index (κ3) is 2.56. The number of fused-ring (bicyclic) bond motifs is 2. The standard InChI is InChI=1S/C17H14Cl2N2O2/c18-10-6-9-3-4-14(15(9)13(19)7-10)21-16(22)12-8-23-17-11(12)2-1-5-20-17/h1-2,5-7,12,14H,3-4,8H2,(H,21,22)/t12-,14+/m1/s1. The molecule has 2 aliphatic rings. The molecule has 1 amide bonds. The van der Waals surface area contributed by atoms with E-state index in [0.29, 0.717) is 22.5 Å². The summed E-state index contributed by atoms with van der Waals surface area (Å²) in [5, 5.41) is 4.34. The Morgan fingerprint density at radius 1 is 1.35 bits per heavy atom. The van der Waals surface area contributed by atoms with E-state index in [2.05, 4.69) is 10.3 Å². The number of halogens is 2. The molecule has 0 saturated carbocycles. The Labute approximate surface area is 143 Å². The van der Waals surface area contributed by atoms with Crippen molar-refractivity contribution in [2.45, 2.75) is 24.8 Å². The number of aryl methyl sites for hydroxylation is 1. The van der Waals surface area contributed by atoms with Crippen LogP contribution in [0, 0.1) is 0 Å². The maximum Gasteiger partial charge on any atom is 0.231 e. The maximum atomic E-state index is 12.7. The molecule has 0 spiro atoms. The second kappa shape index (κ2) is 5.69. The molecule has 1 aliphatic heterocycles. The minimum Gasteiger partial charge on any atom is -0.476 e. The van der Waals surface area contributed by atoms with E-state index in [-0.39, 0.29) is 17.9 Å². The van der Waals surface area contributed by atoms with Gasteiger partial charge in [-0.05, 0) is 42.2 Å². The van der Waals surface area contributed by atoms with Gasteiger partial charge in [0.1, 0.15) is 12.5 Å². The molecule has 4 nitrogen and oxygen atoms in total. The van der Waals surface area contributed by atoms with Crippen LogP contribution in [0.15, 0.2) is 30.5 Å². The first-order valence-corrected chi connectivity index (χ1v) is 8.25. The molecule has 0 fully saturated rings. The van der Waals surface area contributed by atoms with E-state index in [1.807, 2.05) is 18.2 Å². The minimum absolute atomic E-state index is 0.0550. The van der Waals surface area contributed by atoms with Crippen LogP contribution in [0.3, 0.4) is 0 Å². The summed E-state index contributed by atoms with van der Waals surface area (Å²) in [6.07, 6.45) is 3.35. The van der Waals surface area contributed by atoms with Gasteiger partial charge in [-0.1, -0.05) is 29.3 Å². The van der Waals surface area contributed by atoms with Crippen molar-refractivity contribution in [3.05, 3.63) is 57.2 Å². The Morgan fingerprint density at radius 2 is 2.22 bits per heavy atom. The number of rotatable bonds is 2. The zero-order valence-corrected chi connectivity index (χ0v) is 13.7. The lowest BCUT2D eigenvalue weighted by atomic mass is 10.0. The number of nitrogens with zero attached hydrogens (tertiary/aromatic N) is 1. The number of ether oxygens (including phenoxy) is 1. The Balaban J connectivity index is 1.56. The van der Waals surface area contributed by atoms with E-state index in [4.69, 9.17) is 27.9 Å². The maximum absolute atomic E-state index is 12.7. The molecular formula is C17H14Cl2N2O2. The number of benzene rings is 1. The average molecular weight is 349 g/mol. The summed E-state index contributed by atoms with van der Waals surface area (Å²) in [7, 11) is 0. The number of pyridine rings is 1. The summed E-state index contributed by atoms with van der Waals surface area (Å²) in [4.78, 5) is 16.8. The SMILES string of the molecule is O=C(N[C@H]1CCc2cc(Cl)cc(Cl)c21)[C@@H]1COc2ncccc21. The third-order valence-electron chi connectivity index (χ3n) is 4.43. The van der Waals surface area contributed by atoms with Crippen molar-refractivity contribution in [3.63, 3.8) is 0 Å². The van der Waals surface area contributed by atoms with Crippen molar-refractivity contribution in [1.82, 2.24) is 10.3 Å². The number of carbonyl (C=O) groups is 1. The largest absolute Gasteiger partial charge is 0.476 e. The van der Waals surface area contributed by atoms with Crippen LogP contribution in [-0.4, -0.2) is 17.5 Å². The van der Waals surface area contributed by atoms with Crippen LogP contribution in [0.2, 0.25) is 10.0 Å². The van der Waals surface area contributed by atoms with Gasteiger partial charge in [0.05, 0.1) is 6.04 Å². The monoisotopic (exact) mass is 348 g/mol. The predicted molar refractivity (Wildman–Crippen MR) is 88.1 cm³/mol. The van der Waals surface area contributed by atoms with Crippen molar-refractivity contribution < 1.29 is 9.53 Å². The first-order valence-electron chi connectivity index (χ1n) is 7.49. The molecule has 1 N–H and O–H groups in total. The number of nitrogens with one attached hydrogen (secondary N) is 1. The van der Waals surface area contributed by atoms with E-state index in [9.17, 15) is 4.79 Å². The molecule has 0 unspecified atom stereocenters. The molecule has 118 valence electrons. The van der Waals surface area contributed by atoms with Gasteiger partial charge in [-0.2, -0.15) is 0 Å². The minimum atomic E-state index is -0.325. The van der Waals surface area contributed by atoms with E-state index >= 15 is 0 Å². The lowest BCUT2D eigenvalue weighted by Crippen LogP contribution is -2.32. The van der Waals surface area contributed by atoms with Crippen LogP contribution in [0.5, 0.6) is 5.88 Å². The zero-order valence-electron chi connectivity index (χ0n) is 12.2. The number of aromatic nitrogens is 1. The summed E-state index contributed by atoms with van der Waals surface area (Å²) in [6.45, 7) is 0.326. The van der Waals surface area contributed by atoms with Gasteiger partial charge in [-0.15, -0.1) is 0 Å². The molecule has 6 heteroatoms. The highest BCUT2D eigenvalue weighted by Crippen LogP contribution is 2.39. The zero-order chi connectivity index (χ0) is 16.0. The summed E-state index contributed by atoms with van der Waals surface area (Å²) < 4.78 is 5.49. The first-order chi connectivity index (χ1) is 11.1. The van der Waals surface area contributed by atoms with Gasteiger partial charge < -0.3 is 10.1 Å². The van der Waals surface area contributed by atoms with Gasteiger partial charge in [0.2, 0.25) is 11.8 Å². The third-order valence-corrected chi connectivity index (χ3v) is 4.96. The molecule has 0 bridgehead atoms. The fraction of sp³-hybridized carbons (Fsp3) is 0.294. The average Bonchev–Trinajstić information content (AvgIpc) is 3.11. The van der Waals surface area contributed by atoms with Crippen molar-refractivity contribution in [3.8, 4) is 5.88 Å². The van der Waals surface area contributed by atoms with Gasteiger partial charge >= 0.3 is 0 Å². The summed E-state index contributed by atoms with van der Waals surface area (Å²) in [5.74, 6) is 0.165. The second-order valence-corrected chi connectivity index (χ2v) is 6.67. The lowest BCUT2D eigenvalue weighted by Gasteiger charge is -2.18. The van der Waals surface area contributed by atoms with Gasteiger partial charge in [-0.25, -0.2) is 4.98 Å². The first kappa shape index (κ1) is 14.8. The van der Waals surface area contributed by atoms with Crippen LogP contribution < -0.4 is 10.1 Å². The molecule has 2 atom stereocenters. The normalized spacial score (nSPS) is 21.5. The van der Waals surface area contributed by atoms with E-state index < -0.39 is 0 Å². The van der Waals surface area contributed by atoms with Gasteiger partial charge in [0.15, 0.2) is 0 Å².